The highest BCUT2D eigenvalue weighted by atomic mass is 16.5. The number of H-pyrrole nitrogens is 1. The third-order valence-electron chi connectivity index (χ3n) is 10.8. The van der Waals surface area contributed by atoms with Crippen LogP contribution < -0.4 is 0 Å². The number of hydrogen-bond donors (Lipinski definition) is 1. The highest BCUT2D eigenvalue weighted by molar-refractivity contribution is 5.69. The number of aryl methyl sites for hydroxylation is 1. The number of carbonyl (C=O) groups is 1. The SMILES string of the molecule is CCCC[C@@H](CC1=CCC2C(CC[C@@]3(C)C2CC[C@@H]3C(C)CCCC(C)C)C1)OC(=O)CCc1c[nH]cn1. The number of unbranched alkanes of at least 4 members (excludes halogenated alkanes) is 1. The van der Waals surface area contributed by atoms with Gasteiger partial charge in [-0.1, -0.05) is 78.4 Å². The first-order chi connectivity index (χ1) is 18.3. The highest BCUT2D eigenvalue weighted by Crippen LogP contribution is 2.63. The van der Waals surface area contributed by atoms with Gasteiger partial charge in [-0.15, -0.1) is 0 Å². The quantitative estimate of drug-likeness (QED) is 0.195. The van der Waals surface area contributed by atoms with Gasteiger partial charge in [-0.25, -0.2) is 4.98 Å². The molecule has 0 aliphatic heterocycles. The topological polar surface area (TPSA) is 55.0 Å². The second-order valence-corrected chi connectivity index (χ2v) is 13.9. The molecule has 0 aromatic carbocycles. The third-order valence-corrected chi connectivity index (χ3v) is 10.8. The van der Waals surface area contributed by atoms with E-state index in [1.54, 1.807) is 11.9 Å². The zero-order chi connectivity index (χ0) is 27.1. The molecule has 4 rings (SSSR count). The Labute approximate surface area is 233 Å². The number of fused-ring (bicyclic) bond motifs is 3. The normalized spacial score (nSPS) is 30.4. The molecule has 4 nitrogen and oxygen atoms in total. The van der Waals surface area contributed by atoms with Crippen LogP contribution in [0.1, 0.15) is 130 Å². The lowest BCUT2D eigenvalue weighted by Crippen LogP contribution is -2.43. The van der Waals surface area contributed by atoms with E-state index in [0.717, 1.165) is 66.9 Å². The van der Waals surface area contributed by atoms with Gasteiger partial charge in [0.1, 0.15) is 6.10 Å². The number of nitrogens with one attached hydrogen (secondary N) is 1. The van der Waals surface area contributed by atoms with Gasteiger partial charge in [0.25, 0.3) is 0 Å². The molecule has 3 aliphatic rings. The van der Waals surface area contributed by atoms with Crippen LogP contribution in [0.15, 0.2) is 24.2 Å². The van der Waals surface area contributed by atoms with Crippen molar-refractivity contribution < 1.29 is 9.53 Å². The van der Waals surface area contributed by atoms with Crippen molar-refractivity contribution in [3.05, 3.63) is 29.9 Å². The van der Waals surface area contributed by atoms with Crippen molar-refractivity contribution in [3.63, 3.8) is 0 Å². The van der Waals surface area contributed by atoms with Crippen molar-refractivity contribution in [2.24, 2.45) is 40.9 Å². The van der Waals surface area contributed by atoms with E-state index >= 15 is 0 Å². The maximum atomic E-state index is 12.6. The summed E-state index contributed by atoms with van der Waals surface area (Å²) in [5.74, 6) is 5.17. The van der Waals surface area contributed by atoms with Crippen LogP contribution in [-0.4, -0.2) is 22.0 Å². The van der Waals surface area contributed by atoms with Crippen molar-refractivity contribution in [1.29, 1.82) is 0 Å². The van der Waals surface area contributed by atoms with Crippen LogP contribution in [0.5, 0.6) is 0 Å². The summed E-state index contributed by atoms with van der Waals surface area (Å²) in [6, 6.07) is 0. The molecular weight excluding hydrogens is 468 g/mol. The molecule has 1 aromatic heterocycles. The van der Waals surface area contributed by atoms with Gasteiger partial charge in [-0.2, -0.15) is 0 Å². The fraction of sp³-hybridized carbons (Fsp3) is 0.824. The lowest BCUT2D eigenvalue weighted by molar-refractivity contribution is -0.149. The van der Waals surface area contributed by atoms with Crippen LogP contribution in [-0.2, 0) is 16.0 Å². The molecular formula is C34H56N2O2. The molecule has 0 spiro atoms. The smallest absolute Gasteiger partial charge is 0.306 e. The van der Waals surface area contributed by atoms with Crippen LogP contribution in [0.3, 0.4) is 0 Å². The molecule has 3 aliphatic carbocycles. The first kappa shape index (κ1) is 29.4. The molecule has 1 heterocycles. The first-order valence-corrected chi connectivity index (χ1v) is 16.1. The summed E-state index contributed by atoms with van der Waals surface area (Å²) in [7, 11) is 0. The number of carbonyl (C=O) groups excluding carboxylic acids is 1. The van der Waals surface area contributed by atoms with E-state index in [2.05, 4.69) is 50.7 Å². The zero-order valence-corrected chi connectivity index (χ0v) is 25.1. The Morgan fingerprint density at radius 1 is 1.16 bits per heavy atom. The van der Waals surface area contributed by atoms with Gasteiger partial charge in [0, 0.05) is 19.0 Å². The fourth-order valence-electron chi connectivity index (χ4n) is 8.72. The maximum absolute atomic E-state index is 12.6. The Balaban J connectivity index is 1.32. The monoisotopic (exact) mass is 524 g/mol. The van der Waals surface area contributed by atoms with Crippen LogP contribution >= 0.6 is 0 Å². The van der Waals surface area contributed by atoms with Crippen molar-refractivity contribution >= 4 is 5.97 Å². The van der Waals surface area contributed by atoms with E-state index in [-0.39, 0.29) is 12.1 Å². The van der Waals surface area contributed by atoms with Crippen LogP contribution in [0.25, 0.3) is 0 Å². The summed E-state index contributed by atoms with van der Waals surface area (Å²) in [5.41, 5.74) is 3.04. The summed E-state index contributed by atoms with van der Waals surface area (Å²) in [5, 5.41) is 0. The number of ether oxygens (including phenoxy) is 1. The molecule has 0 radical (unpaired) electrons. The van der Waals surface area contributed by atoms with Gasteiger partial charge in [0.05, 0.1) is 18.4 Å². The van der Waals surface area contributed by atoms with E-state index in [1.807, 2.05) is 6.20 Å². The Morgan fingerprint density at radius 2 is 2.00 bits per heavy atom. The van der Waals surface area contributed by atoms with Crippen molar-refractivity contribution in [2.75, 3.05) is 0 Å². The van der Waals surface area contributed by atoms with Crippen molar-refractivity contribution in [2.45, 2.75) is 137 Å². The zero-order valence-electron chi connectivity index (χ0n) is 25.1. The standard InChI is InChI=1S/C34H56N2O2/c1-6-7-11-29(38-33(37)17-13-28-22-35-23-36-28)21-26-12-14-30-27(20-26)18-19-34(5)31(15-16-32(30)34)25(4)10-8-9-24(2)3/h12,22-25,27,29-32H,6-11,13-21H2,1-5H3,(H,35,36)/t25?,27?,29-,30?,31+,32?,34+/m0/s1. The highest BCUT2D eigenvalue weighted by Gasteiger charge is 2.54. The number of aromatic amines is 1. The largest absolute Gasteiger partial charge is 0.462 e. The first-order valence-electron chi connectivity index (χ1n) is 16.1. The second-order valence-electron chi connectivity index (χ2n) is 13.9. The van der Waals surface area contributed by atoms with E-state index in [0.29, 0.717) is 18.3 Å². The number of esters is 1. The average molecular weight is 525 g/mol. The molecule has 2 fully saturated rings. The predicted octanol–water partition coefficient (Wildman–Crippen LogP) is 9.08. The van der Waals surface area contributed by atoms with Gasteiger partial charge in [-0.05, 0) is 85.9 Å². The lowest BCUT2D eigenvalue weighted by Gasteiger charge is -2.51. The van der Waals surface area contributed by atoms with Gasteiger partial charge >= 0.3 is 5.97 Å². The summed E-state index contributed by atoms with van der Waals surface area (Å²) in [4.78, 5) is 19.8. The number of hydrogen-bond acceptors (Lipinski definition) is 3. The molecule has 2 saturated carbocycles. The number of imidazole rings is 1. The van der Waals surface area contributed by atoms with Crippen molar-refractivity contribution in [1.82, 2.24) is 9.97 Å². The molecule has 1 aromatic rings. The molecule has 4 heteroatoms. The Hall–Kier alpha value is -1.58. The van der Waals surface area contributed by atoms with Gasteiger partial charge in [0.2, 0.25) is 0 Å². The van der Waals surface area contributed by atoms with Gasteiger partial charge in [-0.3, -0.25) is 4.79 Å². The second kappa shape index (κ2) is 13.7. The van der Waals surface area contributed by atoms with E-state index in [1.165, 1.54) is 57.8 Å². The molecule has 7 atom stereocenters. The molecule has 0 saturated heterocycles. The van der Waals surface area contributed by atoms with Crippen LogP contribution in [0.2, 0.25) is 0 Å². The number of allylic oxidation sites excluding steroid dienone is 1. The minimum Gasteiger partial charge on any atom is -0.462 e. The minimum absolute atomic E-state index is 0.0286. The number of rotatable bonds is 14. The van der Waals surface area contributed by atoms with Gasteiger partial charge < -0.3 is 9.72 Å². The summed E-state index contributed by atoms with van der Waals surface area (Å²) < 4.78 is 6.04. The predicted molar refractivity (Wildman–Crippen MR) is 157 cm³/mol. The number of nitrogens with zero attached hydrogens (tertiary/aromatic N) is 1. The Bertz CT molecular complexity index is 890. The molecule has 0 amide bonds. The molecule has 0 bridgehead atoms. The van der Waals surface area contributed by atoms with E-state index in [4.69, 9.17) is 4.74 Å². The van der Waals surface area contributed by atoms with Crippen molar-refractivity contribution in [3.8, 4) is 0 Å². The molecule has 1 N–H and O–H groups in total. The molecule has 214 valence electrons. The maximum Gasteiger partial charge on any atom is 0.306 e. The minimum atomic E-state index is -0.0728. The fourth-order valence-corrected chi connectivity index (χ4v) is 8.72. The average Bonchev–Trinajstić information content (AvgIpc) is 3.53. The number of aromatic nitrogens is 2. The van der Waals surface area contributed by atoms with E-state index in [9.17, 15) is 4.79 Å². The van der Waals surface area contributed by atoms with Gasteiger partial charge in [0.15, 0.2) is 0 Å². The third kappa shape index (κ3) is 7.33. The summed E-state index contributed by atoms with van der Waals surface area (Å²) in [6.07, 6.45) is 23.8. The Morgan fingerprint density at radius 3 is 2.74 bits per heavy atom. The van der Waals surface area contributed by atoms with Crippen LogP contribution in [0.4, 0.5) is 0 Å². The lowest BCUT2D eigenvalue weighted by atomic mass is 9.54. The Kier molecular flexibility index (Phi) is 10.6. The molecule has 4 unspecified atom stereocenters. The molecule has 38 heavy (non-hydrogen) atoms. The van der Waals surface area contributed by atoms with Crippen LogP contribution in [0, 0.1) is 40.9 Å². The summed E-state index contributed by atoms with van der Waals surface area (Å²) in [6.45, 7) is 12.2. The summed E-state index contributed by atoms with van der Waals surface area (Å²) >= 11 is 0. The van der Waals surface area contributed by atoms with E-state index < -0.39 is 0 Å².